The van der Waals surface area contributed by atoms with Crippen molar-refractivity contribution in [2.75, 3.05) is 11.9 Å². The Labute approximate surface area is 116 Å². The van der Waals surface area contributed by atoms with Gasteiger partial charge in [0.25, 0.3) is 0 Å². The topological polar surface area (TPSA) is 104 Å². The summed E-state index contributed by atoms with van der Waals surface area (Å²) in [6.07, 6.45) is 1.56. The van der Waals surface area contributed by atoms with Crippen molar-refractivity contribution in [2.24, 2.45) is 0 Å². The molecule has 1 heterocycles. The van der Waals surface area contributed by atoms with E-state index < -0.39 is 15.9 Å². The van der Waals surface area contributed by atoms with Crippen molar-refractivity contribution in [3.8, 4) is 0 Å². The number of H-pyrrole nitrogens is 1. The molecule has 0 saturated heterocycles. The van der Waals surface area contributed by atoms with Crippen LogP contribution in [-0.4, -0.2) is 31.1 Å². The van der Waals surface area contributed by atoms with Crippen LogP contribution in [0.15, 0.2) is 41.4 Å². The zero-order valence-electron chi connectivity index (χ0n) is 10.8. The lowest BCUT2D eigenvalue weighted by Gasteiger charge is -2.07. The SMILES string of the molecule is Cc1cn[nH]c1NC(=O)CNS(=O)(=O)c1ccccc1. The molecule has 1 aromatic heterocycles. The maximum atomic E-state index is 11.9. The smallest absolute Gasteiger partial charge is 0.241 e. The van der Waals surface area contributed by atoms with Gasteiger partial charge < -0.3 is 5.32 Å². The molecule has 0 radical (unpaired) electrons. The monoisotopic (exact) mass is 294 g/mol. The average molecular weight is 294 g/mol. The second kappa shape index (κ2) is 5.85. The summed E-state index contributed by atoms with van der Waals surface area (Å²) in [6, 6.07) is 7.86. The molecule has 8 heteroatoms. The van der Waals surface area contributed by atoms with Gasteiger partial charge in [0.15, 0.2) is 0 Å². The third kappa shape index (κ3) is 3.43. The van der Waals surface area contributed by atoms with Gasteiger partial charge >= 0.3 is 0 Å². The summed E-state index contributed by atoms with van der Waals surface area (Å²) in [5, 5.41) is 8.89. The Bertz CT molecular complexity index is 695. The molecule has 3 N–H and O–H groups in total. The van der Waals surface area contributed by atoms with Crippen molar-refractivity contribution in [3.63, 3.8) is 0 Å². The highest BCUT2D eigenvalue weighted by atomic mass is 32.2. The number of carbonyl (C=O) groups is 1. The Morgan fingerprint density at radius 2 is 2.00 bits per heavy atom. The standard InChI is InChI=1S/C12H14N4O3S/c1-9-7-13-16-12(9)15-11(17)8-14-20(18,19)10-5-3-2-4-6-10/h2-7,14H,8H2,1H3,(H2,13,15,16,17). The number of aromatic nitrogens is 2. The van der Waals surface area contributed by atoms with E-state index in [-0.39, 0.29) is 11.4 Å². The Morgan fingerprint density at radius 1 is 1.30 bits per heavy atom. The zero-order chi connectivity index (χ0) is 14.6. The van der Waals surface area contributed by atoms with E-state index in [0.717, 1.165) is 5.56 Å². The number of carbonyl (C=O) groups excluding carboxylic acids is 1. The molecular weight excluding hydrogens is 280 g/mol. The first-order valence-corrected chi connectivity index (χ1v) is 7.32. The molecule has 1 amide bonds. The van der Waals surface area contributed by atoms with E-state index in [1.807, 2.05) is 0 Å². The van der Waals surface area contributed by atoms with E-state index in [2.05, 4.69) is 20.2 Å². The van der Waals surface area contributed by atoms with Crippen LogP contribution in [-0.2, 0) is 14.8 Å². The lowest BCUT2D eigenvalue weighted by molar-refractivity contribution is -0.115. The fourth-order valence-electron chi connectivity index (χ4n) is 1.50. The van der Waals surface area contributed by atoms with Crippen molar-refractivity contribution in [2.45, 2.75) is 11.8 Å². The maximum absolute atomic E-state index is 11.9. The van der Waals surface area contributed by atoms with Gasteiger partial charge in [-0.25, -0.2) is 13.1 Å². The molecule has 7 nitrogen and oxygen atoms in total. The van der Waals surface area contributed by atoms with Crippen LogP contribution in [0.5, 0.6) is 0 Å². The Balaban J connectivity index is 1.95. The van der Waals surface area contributed by atoms with Gasteiger partial charge in [-0.3, -0.25) is 9.89 Å². The molecule has 2 rings (SSSR count). The molecule has 0 atom stereocenters. The Kier molecular flexibility index (Phi) is 4.16. The largest absolute Gasteiger partial charge is 0.310 e. The highest BCUT2D eigenvalue weighted by Crippen LogP contribution is 2.09. The van der Waals surface area contributed by atoms with Gasteiger partial charge in [-0.05, 0) is 19.1 Å². The molecule has 0 fully saturated rings. The number of aromatic amines is 1. The normalized spacial score (nSPS) is 11.2. The lowest BCUT2D eigenvalue weighted by Crippen LogP contribution is -2.33. The van der Waals surface area contributed by atoms with E-state index in [0.29, 0.717) is 5.82 Å². The number of hydrogen-bond acceptors (Lipinski definition) is 4. The summed E-state index contributed by atoms with van der Waals surface area (Å²) in [6.45, 7) is 1.42. The third-order valence-electron chi connectivity index (χ3n) is 2.57. The van der Waals surface area contributed by atoms with E-state index in [9.17, 15) is 13.2 Å². The number of amides is 1. The molecule has 0 aliphatic carbocycles. The lowest BCUT2D eigenvalue weighted by atomic mass is 10.4. The first kappa shape index (κ1) is 14.2. The van der Waals surface area contributed by atoms with Gasteiger partial charge in [0, 0.05) is 5.56 Å². The number of nitrogens with zero attached hydrogens (tertiary/aromatic N) is 1. The number of sulfonamides is 1. The predicted octanol–water partition coefficient (Wildman–Crippen LogP) is 0.635. The minimum atomic E-state index is -3.68. The highest BCUT2D eigenvalue weighted by molar-refractivity contribution is 7.89. The van der Waals surface area contributed by atoms with Crippen molar-refractivity contribution >= 4 is 21.7 Å². The number of rotatable bonds is 5. The molecule has 0 saturated carbocycles. The molecule has 1 aromatic carbocycles. The number of benzene rings is 1. The average Bonchev–Trinajstić information content (AvgIpc) is 2.83. The van der Waals surface area contributed by atoms with Crippen molar-refractivity contribution in [3.05, 3.63) is 42.1 Å². The Hall–Kier alpha value is -2.19. The number of nitrogens with one attached hydrogen (secondary N) is 3. The van der Waals surface area contributed by atoms with E-state index >= 15 is 0 Å². The minimum absolute atomic E-state index is 0.116. The number of hydrogen-bond donors (Lipinski definition) is 3. The van der Waals surface area contributed by atoms with Crippen LogP contribution in [0, 0.1) is 6.92 Å². The van der Waals surface area contributed by atoms with Crippen LogP contribution in [0.25, 0.3) is 0 Å². The van der Waals surface area contributed by atoms with Crippen LogP contribution in [0.3, 0.4) is 0 Å². The van der Waals surface area contributed by atoms with Gasteiger partial charge in [0.1, 0.15) is 5.82 Å². The van der Waals surface area contributed by atoms with Gasteiger partial charge in [0.2, 0.25) is 15.9 Å². The second-order valence-corrected chi connectivity index (χ2v) is 5.88. The zero-order valence-corrected chi connectivity index (χ0v) is 11.6. The van der Waals surface area contributed by atoms with Crippen LogP contribution in [0.4, 0.5) is 5.82 Å². The maximum Gasteiger partial charge on any atom is 0.241 e. The third-order valence-corrected chi connectivity index (χ3v) is 3.99. The van der Waals surface area contributed by atoms with Crippen molar-refractivity contribution < 1.29 is 13.2 Å². The van der Waals surface area contributed by atoms with E-state index in [1.54, 1.807) is 31.3 Å². The molecular formula is C12H14N4O3S. The molecule has 106 valence electrons. The summed E-state index contributed by atoms with van der Waals surface area (Å²) in [7, 11) is -3.68. The van der Waals surface area contributed by atoms with Crippen molar-refractivity contribution in [1.29, 1.82) is 0 Å². The summed E-state index contributed by atoms with van der Waals surface area (Å²) in [4.78, 5) is 11.8. The van der Waals surface area contributed by atoms with Gasteiger partial charge in [-0.2, -0.15) is 5.10 Å². The summed E-state index contributed by atoms with van der Waals surface area (Å²) in [5.74, 6) is -0.0224. The van der Waals surface area contributed by atoms with E-state index in [4.69, 9.17) is 0 Å². The first-order chi connectivity index (χ1) is 9.49. The van der Waals surface area contributed by atoms with Crippen LogP contribution < -0.4 is 10.0 Å². The molecule has 0 aliphatic heterocycles. The molecule has 0 unspecified atom stereocenters. The minimum Gasteiger partial charge on any atom is -0.310 e. The second-order valence-electron chi connectivity index (χ2n) is 4.11. The summed E-state index contributed by atoms with van der Waals surface area (Å²) in [5.41, 5.74) is 0.768. The van der Waals surface area contributed by atoms with Gasteiger partial charge in [-0.1, -0.05) is 18.2 Å². The van der Waals surface area contributed by atoms with Crippen molar-refractivity contribution in [1.82, 2.24) is 14.9 Å². The quantitative estimate of drug-likeness (QED) is 0.752. The fraction of sp³-hybridized carbons (Fsp3) is 0.167. The first-order valence-electron chi connectivity index (χ1n) is 5.83. The van der Waals surface area contributed by atoms with Gasteiger partial charge in [0.05, 0.1) is 17.6 Å². The number of anilines is 1. The van der Waals surface area contributed by atoms with Crippen LogP contribution >= 0.6 is 0 Å². The summed E-state index contributed by atoms with van der Waals surface area (Å²) < 4.78 is 26.0. The van der Waals surface area contributed by atoms with Crippen LogP contribution in [0.1, 0.15) is 5.56 Å². The van der Waals surface area contributed by atoms with Crippen LogP contribution in [0.2, 0.25) is 0 Å². The molecule has 20 heavy (non-hydrogen) atoms. The van der Waals surface area contributed by atoms with E-state index in [1.165, 1.54) is 12.1 Å². The molecule has 0 spiro atoms. The number of aryl methyl sites for hydroxylation is 1. The molecule has 0 aliphatic rings. The predicted molar refractivity (Wildman–Crippen MR) is 73.6 cm³/mol. The highest BCUT2D eigenvalue weighted by Gasteiger charge is 2.15. The van der Waals surface area contributed by atoms with Gasteiger partial charge in [-0.15, -0.1) is 0 Å². The molecule has 0 bridgehead atoms. The fourth-order valence-corrected chi connectivity index (χ4v) is 2.50. The summed E-state index contributed by atoms with van der Waals surface area (Å²) >= 11 is 0. The Morgan fingerprint density at radius 3 is 2.60 bits per heavy atom. The molecule has 2 aromatic rings.